The first kappa shape index (κ1) is 14.7. The van der Waals surface area contributed by atoms with Gasteiger partial charge in [0.15, 0.2) is 0 Å². The SMILES string of the molecule is N[C@H](c1ccccc1OC(F)(F)F)C(F)(F)CO. The predicted octanol–water partition coefficient (Wildman–Crippen LogP) is 2.21. The van der Waals surface area contributed by atoms with Crippen LogP contribution in [-0.4, -0.2) is 24.0 Å². The number of alkyl halides is 5. The average molecular weight is 271 g/mol. The number of rotatable bonds is 4. The summed E-state index contributed by atoms with van der Waals surface area (Å²) in [7, 11) is 0. The van der Waals surface area contributed by atoms with Crippen LogP contribution in [0.4, 0.5) is 22.0 Å². The second-order valence-electron chi connectivity index (χ2n) is 3.48. The molecule has 18 heavy (non-hydrogen) atoms. The molecule has 0 radical (unpaired) electrons. The van der Waals surface area contributed by atoms with Gasteiger partial charge < -0.3 is 15.6 Å². The zero-order valence-electron chi connectivity index (χ0n) is 8.92. The van der Waals surface area contributed by atoms with E-state index in [0.29, 0.717) is 0 Å². The van der Waals surface area contributed by atoms with Crippen molar-refractivity contribution in [3.63, 3.8) is 0 Å². The lowest BCUT2D eigenvalue weighted by atomic mass is 10.0. The average Bonchev–Trinajstić information content (AvgIpc) is 2.26. The van der Waals surface area contributed by atoms with Crippen molar-refractivity contribution in [2.75, 3.05) is 6.61 Å². The maximum absolute atomic E-state index is 13.1. The van der Waals surface area contributed by atoms with Crippen LogP contribution in [0.1, 0.15) is 11.6 Å². The van der Waals surface area contributed by atoms with E-state index in [2.05, 4.69) is 4.74 Å². The minimum Gasteiger partial charge on any atom is -0.405 e. The Hall–Kier alpha value is -1.41. The first-order valence-corrected chi connectivity index (χ1v) is 4.76. The maximum Gasteiger partial charge on any atom is 0.573 e. The van der Waals surface area contributed by atoms with Crippen LogP contribution in [0, 0.1) is 0 Å². The van der Waals surface area contributed by atoms with E-state index in [4.69, 9.17) is 10.8 Å². The molecule has 0 spiro atoms. The van der Waals surface area contributed by atoms with Crippen molar-refractivity contribution in [1.29, 1.82) is 0 Å². The molecule has 3 nitrogen and oxygen atoms in total. The first-order chi connectivity index (χ1) is 8.17. The Morgan fingerprint density at radius 1 is 1.17 bits per heavy atom. The van der Waals surface area contributed by atoms with Gasteiger partial charge in [-0.25, -0.2) is 8.78 Å². The standard InChI is InChI=1S/C10H10F5NO2/c11-9(12,5-17)8(16)6-3-1-2-4-7(6)18-10(13,14)15/h1-4,8,17H,5,16H2/t8-/m1/s1. The summed E-state index contributed by atoms with van der Waals surface area (Å²) in [6.45, 7) is -1.57. The number of aliphatic hydroxyl groups excluding tert-OH is 1. The highest BCUT2D eigenvalue weighted by Crippen LogP contribution is 2.36. The van der Waals surface area contributed by atoms with Crippen molar-refractivity contribution < 1.29 is 31.8 Å². The van der Waals surface area contributed by atoms with Crippen LogP contribution in [0.2, 0.25) is 0 Å². The Kier molecular flexibility index (Phi) is 4.12. The Labute approximate surface area is 99.0 Å². The molecule has 102 valence electrons. The number of halogens is 5. The summed E-state index contributed by atoms with van der Waals surface area (Å²) in [4.78, 5) is 0. The molecule has 1 rings (SSSR count). The molecule has 0 saturated carbocycles. The highest BCUT2D eigenvalue weighted by atomic mass is 19.4. The smallest absolute Gasteiger partial charge is 0.405 e. The predicted molar refractivity (Wildman–Crippen MR) is 52.1 cm³/mol. The lowest BCUT2D eigenvalue weighted by Crippen LogP contribution is -2.36. The van der Waals surface area contributed by atoms with Gasteiger partial charge in [-0.3, -0.25) is 0 Å². The van der Waals surface area contributed by atoms with Crippen molar-refractivity contribution in [3.8, 4) is 5.75 Å². The monoisotopic (exact) mass is 271 g/mol. The van der Waals surface area contributed by atoms with Gasteiger partial charge in [0, 0.05) is 5.56 Å². The molecule has 0 fully saturated rings. The van der Waals surface area contributed by atoms with E-state index in [1.807, 2.05) is 0 Å². The Morgan fingerprint density at radius 3 is 2.22 bits per heavy atom. The molecule has 0 amide bonds. The summed E-state index contributed by atoms with van der Waals surface area (Å²) in [5.74, 6) is -4.56. The molecule has 0 heterocycles. The molecule has 0 saturated heterocycles. The molecule has 1 atom stereocenters. The molecule has 8 heteroatoms. The van der Waals surface area contributed by atoms with Crippen LogP contribution >= 0.6 is 0 Å². The van der Waals surface area contributed by atoms with Gasteiger partial charge in [-0.05, 0) is 6.07 Å². The third kappa shape index (κ3) is 3.54. The van der Waals surface area contributed by atoms with Gasteiger partial charge in [0.25, 0.3) is 5.92 Å². The minimum absolute atomic E-state index is 0.533. The number of ether oxygens (including phenoxy) is 1. The number of para-hydroxylation sites is 1. The highest BCUT2D eigenvalue weighted by molar-refractivity contribution is 5.37. The summed E-state index contributed by atoms with van der Waals surface area (Å²) < 4.78 is 66.1. The van der Waals surface area contributed by atoms with Crippen LogP contribution < -0.4 is 10.5 Å². The van der Waals surface area contributed by atoms with Crippen LogP contribution in [0.25, 0.3) is 0 Å². The fourth-order valence-corrected chi connectivity index (χ4v) is 1.28. The fourth-order valence-electron chi connectivity index (χ4n) is 1.28. The van der Waals surface area contributed by atoms with E-state index >= 15 is 0 Å². The molecule has 0 aliphatic carbocycles. The van der Waals surface area contributed by atoms with E-state index in [0.717, 1.165) is 12.1 Å². The summed E-state index contributed by atoms with van der Waals surface area (Å²) in [5, 5.41) is 8.46. The number of benzene rings is 1. The molecule has 0 bridgehead atoms. The minimum atomic E-state index is -5.01. The summed E-state index contributed by atoms with van der Waals surface area (Å²) in [6, 6.07) is 2.19. The third-order valence-electron chi connectivity index (χ3n) is 2.15. The summed E-state index contributed by atoms with van der Waals surface area (Å²) in [5.41, 5.74) is 4.61. The third-order valence-corrected chi connectivity index (χ3v) is 2.15. The molecular formula is C10H10F5NO2. The molecule has 0 unspecified atom stereocenters. The van der Waals surface area contributed by atoms with Crippen molar-refractivity contribution >= 4 is 0 Å². The molecule has 1 aromatic carbocycles. The number of hydrogen-bond acceptors (Lipinski definition) is 3. The number of hydrogen-bond donors (Lipinski definition) is 2. The van der Waals surface area contributed by atoms with Gasteiger partial charge in [0.1, 0.15) is 18.4 Å². The van der Waals surface area contributed by atoms with Gasteiger partial charge >= 0.3 is 6.36 Å². The highest BCUT2D eigenvalue weighted by Gasteiger charge is 2.40. The zero-order chi connectivity index (χ0) is 14.0. The van der Waals surface area contributed by atoms with Gasteiger partial charge in [0.2, 0.25) is 0 Å². The van der Waals surface area contributed by atoms with E-state index in [-0.39, 0.29) is 0 Å². The lowest BCUT2D eigenvalue weighted by molar-refractivity contribution is -0.275. The second kappa shape index (κ2) is 5.07. The Morgan fingerprint density at radius 2 is 1.72 bits per heavy atom. The molecule has 0 aliphatic heterocycles. The Balaban J connectivity index is 3.09. The first-order valence-electron chi connectivity index (χ1n) is 4.76. The summed E-state index contributed by atoms with van der Waals surface area (Å²) in [6.07, 6.45) is -5.01. The number of nitrogens with two attached hydrogens (primary N) is 1. The van der Waals surface area contributed by atoms with Crippen LogP contribution in [0.5, 0.6) is 5.75 Å². The molecular weight excluding hydrogens is 261 g/mol. The van der Waals surface area contributed by atoms with E-state index in [1.165, 1.54) is 12.1 Å². The maximum atomic E-state index is 13.1. The molecule has 0 aliphatic rings. The lowest BCUT2D eigenvalue weighted by Gasteiger charge is -2.24. The largest absolute Gasteiger partial charge is 0.573 e. The van der Waals surface area contributed by atoms with E-state index < -0.39 is 36.2 Å². The van der Waals surface area contributed by atoms with Gasteiger partial charge in [-0.15, -0.1) is 13.2 Å². The molecule has 3 N–H and O–H groups in total. The van der Waals surface area contributed by atoms with Gasteiger partial charge in [0.05, 0.1) is 0 Å². The Bertz CT molecular complexity index is 407. The van der Waals surface area contributed by atoms with E-state index in [1.54, 1.807) is 0 Å². The fraction of sp³-hybridized carbons (Fsp3) is 0.400. The molecule has 1 aromatic rings. The second-order valence-corrected chi connectivity index (χ2v) is 3.48. The van der Waals surface area contributed by atoms with Gasteiger partial charge in [-0.2, -0.15) is 0 Å². The van der Waals surface area contributed by atoms with Crippen molar-refractivity contribution in [1.82, 2.24) is 0 Å². The van der Waals surface area contributed by atoms with Crippen molar-refractivity contribution in [2.24, 2.45) is 5.73 Å². The summed E-state index contributed by atoms with van der Waals surface area (Å²) >= 11 is 0. The zero-order valence-corrected chi connectivity index (χ0v) is 8.92. The van der Waals surface area contributed by atoms with Crippen molar-refractivity contribution in [3.05, 3.63) is 29.8 Å². The normalized spacial score (nSPS) is 14.4. The van der Waals surface area contributed by atoms with Crippen molar-refractivity contribution in [2.45, 2.75) is 18.3 Å². The van der Waals surface area contributed by atoms with Crippen LogP contribution in [-0.2, 0) is 0 Å². The van der Waals surface area contributed by atoms with E-state index in [9.17, 15) is 22.0 Å². The quantitative estimate of drug-likeness (QED) is 0.825. The topological polar surface area (TPSA) is 55.5 Å². The number of aliphatic hydroxyl groups is 1. The molecule has 0 aromatic heterocycles. The van der Waals surface area contributed by atoms with Crippen LogP contribution in [0.3, 0.4) is 0 Å². The van der Waals surface area contributed by atoms with Crippen LogP contribution in [0.15, 0.2) is 24.3 Å². The van der Waals surface area contributed by atoms with Gasteiger partial charge in [-0.1, -0.05) is 18.2 Å².